The van der Waals surface area contributed by atoms with Crippen molar-refractivity contribution >= 4 is 11.3 Å². The highest BCUT2D eigenvalue weighted by Gasteiger charge is 2.16. The van der Waals surface area contributed by atoms with Gasteiger partial charge in [0.15, 0.2) is 0 Å². The third-order valence-electron chi connectivity index (χ3n) is 3.71. The summed E-state index contributed by atoms with van der Waals surface area (Å²) in [7, 11) is 0. The van der Waals surface area contributed by atoms with E-state index >= 15 is 0 Å². The highest BCUT2D eigenvalue weighted by Crippen LogP contribution is 2.29. The summed E-state index contributed by atoms with van der Waals surface area (Å²) < 4.78 is 0. The zero-order valence-electron chi connectivity index (χ0n) is 10.1. The first-order chi connectivity index (χ1) is 8.25. The van der Waals surface area contributed by atoms with Crippen molar-refractivity contribution in [2.24, 2.45) is 5.73 Å². The minimum atomic E-state index is 0.0344. The lowest BCUT2D eigenvalue weighted by atomic mass is 9.96. The van der Waals surface area contributed by atoms with E-state index in [4.69, 9.17) is 5.73 Å². The van der Waals surface area contributed by atoms with Gasteiger partial charge in [-0.1, -0.05) is 18.2 Å². The molecular weight excluding hydrogens is 226 g/mol. The predicted molar refractivity (Wildman–Crippen MR) is 73.6 cm³/mol. The number of rotatable bonds is 2. The van der Waals surface area contributed by atoms with Crippen LogP contribution in [0.15, 0.2) is 29.0 Å². The van der Waals surface area contributed by atoms with E-state index in [1.165, 1.54) is 47.1 Å². The number of benzene rings is 1. The molecule has 0 spiro atoms. The van der Waals surface area contributed by atoms with Crippen LogP contribution in [0.1, 0.15) is 40.3 Å². The van der Waals surface area contributed by atoms with Crippen molar-refractivity contribution in [2.45, 2.75) is 32.2 Å². The Morgan fingerprint density at radius 3 is 2.76 bits per heavy atom. The number of thiophene rings is 1. The molecule has 1 aliphatic rings. The van der Waals surface area contributed by atoms with Crippen molar-refractivity contribution in [3.8, 4) is 0 Å². The maximum absolute atomic E-state index is 6.36. The first kappa shape index (κ1) is 11.0. The number of hydrogen-bond donors (Lipinski definition) is 1. The molecule has 0 saturated carbocycles. The lowest BCUT2D eigenvalue weighted by Gasteiger charge is -2.13. The van der Waals surface area contributed by atoms with Crippen molar-refractivity contribution in [3.63, 3.8) is 0 Å². The Balaban J connectivity index is 1.97. The van der Waals surface area contributed by atoms with Gasteiger partial charge in [-0.15, -0.1) is 0 Å². The molecule has 2 N–H and O–H groups in total. The Morgan fingerprint density at radius 2 is 2.00 bits per heavy atom. The van der Waals surface area contributed by atoms with E-state index in [0.29, 0.717) is 0 Å². The van der Waals surface area contributed by atoms with E-state index in [1.54, 1.807) is 11.3 Å². The van der Waals surface area contributed by atoms with Gasteiger partial charge >= 0.3 is 0 Å². The largest absolute Gasteiger partial charge is 0.320 e. The lowest BCUT2D eigenvalue weighted by Crippen LogP contribution is -2.12. The van der Waals surface area contributed by atoms with Crippen molar-refractivity contribution in [1.82, 2.24) is 0 Å². The SMILES string of the molecule is Cc1cscc1C(N)c1ccc2c(c1)CCC2. The van der Waals surface area contributed by atoms with Gasteiger partial charge < -0.3 is 5.73 Å². The lowest BCUT2D eigenvalue weighted by molar-refractivity contribution is 0.864. The van der Waals surface area contributed by atoms with E-state index in [-0.39, 0.29) is 6.04 Å². The zero-order chi connectivity index (χ0) is 11.8. The molecule has 0 fully saturated rings. The van der Waals surface area contributed by atoms with Crippen LogP contribution in [0, 0.1) is 6.92 Å². The Hall–Kier alpha value is -1.12. The summed E-state index contributed by atoms with van der Waals surface area (Å²) in [6.45, 7) is 2.14. The number of hydrogen-bond acceptors (Lipinski definition) is 2. The summed E-state index contributed by atoms with van der Waals surface area (Å²) in [5.74, 6) is 0. The van der Waals surface area contributed by atoms with Gasteiger partial charge in [0.1, 0.15) is 0 Å². The third-order valence-corrected chi connectivity index (χ3v) is 4.59. The van der Waals surface area contributed by atoms with Gasteiger partial charge in [-0.3, -0.25) is 0 Å². The average molecular weight is 243 g/mol. The molecule has 1 aromatic carbocycles. The molecule has 2 aromatic rings. The van der Waals surface area contributed by atoms with Crippen LogP contribution in [0.2, 0.25) is 0 Å². The fourth-order valence-corrected chi connectivity index (χ4v) is 3.54. The van der Waals surface area contributed by atoms with Gasteiger partial charge in [0, 0.05) is 0 Å². The number of fused-ring (bicyclic) bond motifs is 1. The highest BCUT2D eigenvalue weighted by molar-refractivity contribution is 7.08. The monoisotopic (exact) mass is 243 g/mol. The van der Waals surface area contributed by atoms with E-state index < -0.39 is 0 Å². The van der Waals surface area contributed by atoms with Gasteiger partial charge in [-0.25, -0.2) is 0 Å². The third kappa shape index (κ3) is 1.92. The molecule has 88 valence electrons. The Kier molecular flexibility index (Phi) is 2.77. The molecule has 1 unspecified atom stereocenters. The summed E-state index contributed by atoms with van der Waals surface area (Å²) in [5, 5.41) is 4.34. The quantitative estimate of drug-likeness (QED) is 0.857. The number of aryl methyl sites for hydroxylation is 3. The smallest absolute Gasteiger partial charge is 0.0562 e. The topological polar surface area (TPSA) is 26.0 Å². The second-order valence-electron chi connectivity index (χ2n) is 4.87. The summed E-state index contributed by atoms with van der Waals surface area (Å²) in [6, 6.07) is 6.81. The summed E-state index contributed by atoms with van der Waals surface area (Å²) >= 11 is 1.73. The van der Waals surface area contributed by atoms with Crippen molar-refractivity contribution in [3.05, 3.63) is 56.8 Å². The Labute approximate surface area is 106 Å². The van der Waals surface area contributed by atoms with Gasteiger partial charge in [0.25, 0.3) is 0 Å². The predicted octanol–water partition coefficient (Wildman–Crippen LogP) is 3.59. The molecule has 17 heavy (non-hydrogen) atoms. The van der Waals surface area contributed by atoms with E-state index in [0.717, 1.165) is 0 Å². The fraction of sp³-hybridized carbons (Fsp3) is 0.333. The molecule has 2 heteroatoms. The van der Waals surface area contributed by atoms with Crippen LogP contribution in [0.5, 0.6) is 0 Å². The molecule has 0 saturated heterocycles. The van der Waals surface area contributed by atoms with E-state index in [1.807, 2.05) is 0 Å². The average Bonchev–Trinajstić information content (AvgIpc) is 2.95. The van der Waals surface area contributed by atoms with E-state index in [9.17, 15) is 0 Å². The minimum absolute atomic E-state index is 0.0344. The molecule has 0 radical (unpaired) electrons. The van der Waals surface area contributed by atoms with Crippen molar-refractivity contribution in [1.29, 1.82) is 0 Å². The maximum atomic E-state index is 6.36. The summed E-state index contributed by atoms with van der Waals surface area (Å²) in [5.41, 5.74) is 13.2. The molecule has 1 aliphatic carbocycles. The molecular formula is C15H17NS. The van der Waals surface area contributed by atoms with Gasteiger partial charge in [-0.2, -0.15) is 11.3 Å². The van der Waals surface area contributed by atoms with Gasteiger partial charge in [0.2, 0.25) is 0 Å². The summed E-state index contributed by atoms with van der Waals surface area (Å²) in [4.78, 5) is 0. The second kappa shape index (κ2) is 4.28. The first-order valence-electron chi connectivity index (χ1n) is 6.15. The van der Waals surface area contributed by atoms with Crippen LogP contribution in [0.4, 0.5) is 0 Å². The number of nitrogens with two attached hydrogens (primary N) is 1. The summed E-state index contributed by atoms with van der Waals surface area (Å²) in [6.07, 6.45) is 3.76. The first-order valence-corrected chi connectivity index (χ1v) is 7.10. The van der Waals surface area contributed by atoms with Crippen molar-refractivity contribution < 1.29 is 0 Å². The van der Waals surface area contributed by atoms with Crippen LogP contribution in [-0.4, -0.2) is 0 Å². The van der Waals surface area contributed by atoms with Crippen molar-refractivity contribution in [2.75, 3.05) is 0 Å². The van der Waals surface area contributed by atoms with Crippen LogP contribution in [-0.2, 0) is 12.8 Å². The van der Waals surface area contributed by atoms with Crippen LogP contribution >= 0.6 is 11.3 Å². The van der Waals surface area contributed by atoms with Crippen LogP contribution in [0.3, 0.4) is 0 Å². The zero-order valence-corrected chi connectivity index (χ0v) is 10.9. The molecule has 1 heterocycles. The molecule has 1 nitrogen and oxygen atoms in total. The Morgan fingerprint density at radius 1 is 1.18 bits per heavy atom. The normalized spacial score (nSPS) is 15.9. The minimum Gasteiger partial charge on any atom is -0.320 e. The molecule has 0 bridgehead atoms. The fourth-order valence-electron chi connectivity index (χ4n) is 2.65. The van der Waals surface area contributed by atoms with Gasteiger partial charge in [0.05, 0.1) is 6.04 Å². The second-order valence-corrected chi connectivity index (χ2v) is 5.61. The molecule has 0 aliphatic heterocycles. The maximum Gasteiger partial charge on any atom is 0.0562 e. The van der Waals surface area contributed by atoms with Crippen LogP contribution in [0.25, 0.3) is 0 Å². The molecule has 1 aromatic heterocycles. The highest BCUT2D eigenvalue weighted by atomic mass is 32.1. The molecule has 3 rings (SSSR count). The van der Waals surface area contributed by atoms with Crippen LogP contribution < -0.4 is 5.73 Å². The molecule has 0 amide bonds. The van der Waals surface area contributed by atoms with Gasteiger partial charge in [-0.05, 0) is 64.8 Å². The van der Waals surface area contributed by atoms with E-state index in [2.05, 4.69) is 35.9 Å². The standard InChI is InChI=1S/C15H17NS/c1-10-8-17-9-14(10)15(16)13-6-5-11-3-2-4-12(11)7-13/h5-9,15H,2-4,16H2,1H3. The molecule has 1 atom stereocenters. The Bertz CT molecular complexity index is 542.